The van der Waals surface area contributed by atoms with Crippen LogP contribution < -0.4 is 10.2 Å². The molecular formula is C21H23ClN2O4. The summed E-state index contributed by atoms with van der Waals surface area (Å²) in [6.07, 6.45) is 1.87. The van der Waals surface area contributed by atoms with Crippen LogP contribution in [0.5, 0.6) is 5.75 Å². The Labute approximate surface area is 168 Å². The highest BCUT2D eigenvalue weighted by Gasteiger charge is 2.63. The molecule has 1 heterocycles. The summed E-state index contributed by atoms with van der Waals surface area (Å²) in [6, 6.07) is 5.08. The topological polar surface area (TPSA) is 75.7 Å². The number of rotatable bonds is 4. The van der Waals surface area contributed by atoms with Gasteiger partial charge >= 0.3 is 0 Å². The predicted molar refractivity (Wildman–Crippen MR) is 103 cm³/mol. The van der Waals surface area contributed by atoms with E-state index in [1.165, 1.54) is 11.1 Å². The summed E-state index contributed by atoms with van der Waals surface area (Å²) >= 11 is 5.97. The number of nitrogens with one attached hydrogen (secondary N) is 1. The Balaban J connectivity index is 1.42. The van der Waals surface area contributed by atoms with E-state index >= 15 is 0 Å². The van der Waals surface area contributed by atoms with Crippen molar-refractivity contribution in [3.8, 4) is 5.75 Å². The Hall–Kier alpha value is -2.34. The van der Waals surface area contributed by atoms with Crippen LogP contribution in [0.15, 0.2) is 29.3 Å². The van der Waals surface area contributed by atoms with Gasteiger partial charge in [-0.3, -0.25) is 19.8 Å². The molecule has 0 spiro atoms. The van der Waals surface area contributed by atoms with Crippen LogP contribution in [0.2, 0.25) is 5.02 Å². The smallest absolute Gasteiger partial charge is 0.276 e. The minimum atomic E-state index is -0.538. The number of benzene rings is 1. The number of fused-ring (bicyclic) bond motifs is 5. The fraction of sp³-hybridized carbons (Fsp3) is 0.476. The molecule has 7 heteroatoms. The van der Waals surface area contributed by atoms with Gasteiger partial charge in [0.05, 0.1) is 11.8 Å². The van der Waals surface area contributed by atoms with E-state index in [0.29, 0.717) is 10.8 Å². The van der Waals surface area contributed by atoms with Gasteiger partial charge in [0.1, 0.15) is 5.75 Å². The van der Waals surface area contributed by atoms with Gasteiger partial charge in [0.2, 0.25) is 0 Å². The van der Waals surface area contributed by atoms with Gasteiger partial charge in [-0.2, -0.15) is 5.01 Å². The number of ether oxygens (including phenoxy) is 1. The molecule has 2 bridgehead atoms. The molecule has 1 N–H and O–H groups in total. The summed E-state index contributed by atoms with van der Waals surface area (Å²) in [5, 5.41) is 1.53. The van der Waals surface area contributed by atoms with Crippen molar-refractivity contribution >= 4 is 29.3 Å². The molecule has 1 aromatic rings. The molecule has 148 valence electrons. The van der Waals surface area contributed by atoms with Gasteiger partial charge in [-0.15, -0.1) is 0 Å². The second-order valence-corrected chi connectivity index (χ2v) is 8.45. The van der Waals surface area contributed by atoms with E-state index in [1.54, 1.807) is 18.2 Å². The number of carbonyl (C=O) groups is 3. The molecule has 2 aliphatic carbocycles. The molecule has 6 nitrogen and oxygen atoms in total. The Morgan fingerprint density at radius 3 is 2.32 bits per heavy atom. The second-order valence-electron chi connectivity index (χ2n) is 8.04. The summed E-state index contributed by atoms with van der Waals surface area (Å²) < 4.78 is 5.45. The number of halogens is 1. The van der Waals surface area contributed by atoms with Crippen LogP contribution in [0.3, 0.4) is 0 Å². The molecular weight excluding hydrogens is 380 g/mol. The SMILES string of the molecule is CC(C)=C1[C@H]2CC[C@@H]1[C@@H]1C(=O)N(NC(=O)COc3ccc(Cl)c(C)c3)C(=O)[C@H]12. The minimum absolute atomic E-state index is 0.131. The highest BCUT2D eigenvalue weighted by atomic mass is 35.5. The normalized spacial score (nSPS) is 28.0. The fourth-order valence-corrected chi connectivity index (χ4v) is 5.23. The van der Waals surface area contributed by atoms with Crippen LogP contribution in [-0.2, 0) is 14.4 Å². The number of allylic oxidation sites excluding steroid dienone is 2. The van der Waals surface area contributed by atoms with Crippen LogP contribution in [0, 0.1) is 30.6 Å². The van der Waals surface area contributed by atoms with Crippen molar-refractivity contribution in [1.29, 1.82) is 0 Å². The number of hydrogen-bond acceptors (Lipinski definition) is 4. The number of carbonyl (C=O) groups excluding carboxylic acids is 3. The fourth-order valence-electron chi connectivity index (χ4n) is 5.11. The highest BCUT2D eigenvalue weighted by molar-refractivity contribution is 6.31. The maximum Gasteiger partial charge on any atom is 0.276 e. The lowest BCUT2D eigenvalue weighted by Gasteiger charge is -2.19. The summed E-state index contributed by atoms with van der Waals surface area (Å²) in [4.78, 5) is 38.0. The molecule has 1 saturated heterocycles. The van der Waals surface area contributed by atoms with Gasteiger partial charge in [-0.25, -0.2) is 0 Å². The van der Waals surface area contributed by atoms with E-state index in [4.69, 9.17) is 16.3 Å². The van der Waals surface area contributed by atoms with Crippen LogP contribution in [-0.4, -0.2) is 29.3 Å². The van der Waals surface area contributed by atoms with Crippen molar-refractivity contribution in [2.75, 3.05) is 6.61 Å². The lowest BCUT2D eigenvalue weighted by molar-refractivity contribution is -0.150. The molecule has 0 aromatic heterocycles. The molecule has 3 amide bonds. The van der Waals surface area contributed by atoms with Crippen LogP contribution in [0.4, 0.5) is 0 Å². The van der Waals surface area contributed by atoms with Crippen molar-refractivity contribution in [3.05, 3.63) is 39.9 Å². The maximum atomic E-state index is 12.9. The summed E-state index contributed by atoms with van der Waals surface area (Å²) in [7, 11) is 0. The van der Waals surface area contributed by atoms with Gasteiger partial charge in [-0.05, 0) is 69.2 Å². The number of hydrogen-bond donors (Lipinski definition) is 1. The third-order valence-corrected chi connectivity index (χ3v) is 6.59. The van der Waals surface area contributed by atoms with Gasteiger partial charge in [-0.1, -0.05) is 22.7 Å². The number of hydrazine groups is 1. The molecule has 3 aliphatic rings. The zero-order chi connectivity index (χ0) is 20.2. The molecule has 0 unspecified atom stereocenters. The molecule has 1 aliphatic heterocycles. The number of imide groups is 1. The largest absolute Gasteiger partial charge is 0.484 e. The first-order chi connectivity index (χ1) is 13.3. The third kappa shape index (κ3) is 2.91. The second kappa shape index (κ2) is 6.92. The Bertz CT molecular complexity index is 874. The summed E-state index contributed by atoms with van der Waals surface area (Å²) in [6.45, 7) is 5.64. The first kappa shape index (κ1) is 19.0. The number of amides is 3. The minimum Gasteiger partial charge on any atom is -0.484 e. The van der Waals surface area contributed by atoms with Crippen LogP contribution >= 0.6 is 11.6 Å². The molecule has 0 radical (unpaired) electrons. The first-order valence-corrected chi connectivity index (χ1v) is 9.91. The molecule has 28 heavy (non-hydrogen) atoms. The summed E-state index contributed by atoms with van der Waals surface area (Å²) in [5.74, 6) is -1.04. The molecule has 1 aromatic carbocycles. The van der Waals surface area contributed by atoms with E-state index in [2.05, 4.69) is 5.43 Å². The van der Waals surface area contributed by atoms with Crippen molar-refractivity contribution in [2.24, 2.45) is 23.7 Å². The van der Waals surface area contributed by atoms with E-state index in [-0.39, 0.29) is 42.1 Å². The molecule has 4 rings (SSSR count). The van der Waals surface area contributed by atoms with Gasteiger partial charge in [0, 0.05) is 5.02 Å². The monoisotopic (exact) mass is 402 g/mol. The molecule has 4 atom stereocenters. The zero-order valence-corrected chi connectivity index (χ0v) is 16.9. The third-order valence-electron chi connectivity index (χ3n) is 6.17. The van der Waals surface area contributed by atoms with Crippen LogP contribution in [0.1, 0.15) is 32.3 Å². The quantitative estimate of drug-likeness (QED) is 0.620. The van der Waals surface area contributed by atoms with Gasteiger partial charge in [0.25, 0.3) is 17.7 Å². The maximum absolute atomic E-state index is 12.9. The Morgan fingerprint density at radius 2 is 1.79 bits per heavy atom. The van der Waals surface area contributed by atoms with E-state index < -0.39 is 5.91 Å². The predicted octanol–water partition coefficient (Wildman–Crippen LogP) is 3.04. The number of nitrogens with zero attached hydrogens (tertiary/aromatic N) is 1. The number of aryl methyl sites for hydroxylation is 1. The van der Waals surface area contributed by atoms with Crippen molar-refractivity contribution in [1.82, 2.24) is 10.4 Å². The molecule has 3 fully saturated rings. The Morgan fingerprint density at radius 1 is 1.18 bits per heavy atom. The average molecular weight is 403 g/mol. The van der Waals surface area contributed by atoms with E-state index in [9.17, 15) is 14.4 Å². The van der Waals surface area contributed by atoms with Crippen molar-refractivity contribution in [2.45, 2.75) is 33.6 Å². The lowest BCUT2D eigenvalue weighted by atomic mass is 9.81. The van der Waals surface area contributed by atoms with Gasteiger partial charge < -0.3 is 4.74 Å². The van der Waals surface area contributed by atoms with Gasteiger partial charge in [0.15, 0.2) is 6.61 Å². The first-order valence-electron chi connectivity index (χ1n) is 9.53. The van der Waals surface area contributed by atoms with Crippen molar-refractivity contribution in [3.63, 3.8) is 0 Å². The van der Waals surface area contributed by atoms with Crippen LogP contribution in [0.25, 0.3) is 0 Å². The van der Waals surface area contributed by atoms with E-state index in [1.807, 2.05) is 20.8 Å². The summed E-state index contributed by atoms with van der Waals surface area (Å²) in [5.41, 5.74) is 5.77. The zero-order valence-electron chi connectivity index (χ0n) is 16.1. The lowest BCUT2D eigenvalue weighted by Crippen LogP contribution is -2.49. The Kier molecular flexibility index (Phi) is 4.70. The van der Waals surface area contributed by atoms with Crippen molar-refractivity contribution < 1.29 is 19.1 Å². The van der Waals surface area contributed by atoms with E-state index in [0.717, 1.165) is 23.4 Å². The standard InChI is InChI=1S/C21H23ClN2O4/c1-10(2)17-13-5-6-14(17)19-18(13)20(26)24(21(19)27)23-16(25)9-28-12-4-7-15(22)11(3)8-12/h4,7-8,13-14,18-19H,5-6,9H2,1-3H3,(H,23,25)/t13-,14+,18-,19-/m0/s1. The average Bonchev–Trinajstić information content (AvgIpc) is 3.28. The highest BCUT2D eigenvalue weighted by Crippen LogP contribution is 2.59. The molecule has 2 saturated carbocycles.